The molecule has 15 heavy (non-hydrogen) atoms. The van der Waals surface area contributed by atoms with Crippen molar-refractivity contribution in [3.63, 3.8) is 0 Å². The highest BCUT2D eigenvalue weighted by Crippen LogP contribution is 2.34. The van der Waals surface area contributed by atoms with Crippen molar-refractivity contribution >= 4 is 32.7 Å². The molecule has 0 aliphatic rings. The molecule has 78 valence electrons. The van der Waals surface area contributed by atoms with Crippen molar-refractivity contribution in [2.24, 2.45) is 0 Å². The van der Waals surface area contributed by atoms with E-state index >= 15 is 0 Å². The van der Waals surface area contributed by atoms with Gasteiger partial charge in [0.25, 0.3) is 0 Å². The van der Waals surface area contributed by atoms with Gasteiger partial charge in [-0.25, -0.2) is 9.78 Å². The Labute approximate surface area is 89.1 Å². The Bertz CT molecular complexity index is 535. The lowest BCUT2D eigenvalue weighted by molar-refractivity contribution is 0.0598. The van der Waals surface area contributed by atoms with Gasteiger partial charge < -0.3 is 15.6 Å². The summed E-state index contributed by atoms with van der Waals surface area (Å²) in [5.74, 6) is -0.713. The molecule has 1 heterocycles. The standard InChI is InChI=1S/C9H8N2O3S/c1-14-8(13)4-2-3-5-7(6(4)12)15-9(10)11-5/h2-3,12H,1H3,(H2,10,11). The second-order valence-electron chi connectivity index (χ2n) is 2.85. The van der Waals surface area contributed by atoms with E-state index in [1.165, 1.54) is 13.2 Å². The zero-order valence-corrected chi connectivity index (χ0v) is 8.67. The molecule has 0 saturated heterocycles. The smallest absolute Gasteiger partial charge is 0.341 e. The SMILES string of the molecule is COC(=O)c1ccc2nc(N)sc2c1O. The number of anilines is 1. The first-order valence-electron chi connectivity index (χ1n) is 4.09. The van der Waals surface area contributed by atoms with Crippen molar-refractivity contribution in [2.45, 2.75) is 0 Å². The van der Waals surface area contributed by atoms with Gasteiger partial charge in [-0.3, -0.25) is 0 Å². The number of thiazole rings is 1. The summed E-state index contributed by atoms with van der Waals surface area (Å²) in [4.78, 5) is 15.2. The van der Waals surface area contributed by atoms with Crippen LogP contribution in [0.2, 0.25) is 0 Å². The molecule has 0 fully saturated rings. The zero-order valence-electron chi connectivity index (χ0n) is 7.85. The van der Waals surface area contributed by atoms with Crippen molar-refractivity contribution in [3.8, 4) is 5.75 Å². The molecule has 0 saturated carbocycles. The van der Waals surface area contributed by atoms with E-state index in [1.54, 1.807) is 6.07 Å². The monoisotopic (exact) mass is 224 g/mol. The molecule has 0 aliphatic carbocycles. The van der Waals surface area contributed by atoms with E-state index in [0.29, 0.717) is 15.3 Å². The number of hydrogen-bond acceptors (Lipinski definition) is 6. The highest BCUT2D eigenvalue weighted by molar-refractivity contribution is 7.22. The summed E-state index contributed by atoms with van der Waals surface area (Å²) in [6.07, 6.45) is 0. The molecule has 0 amide bonds. The predicted molar refractivity (Wildman–Crippen MR) is 57.0 cm³/mol. The van der Waals surface area contributed by atoms with Gasteiger partial charge in [0, 0.05) is 0 Å². The number of carbonyl (C=O) groups excluding carboxylic acids is 1. The number of nitrogen functional groups attached to an aromatic ring is 1. The summed E-state index contributed by atoms with van der Waals surface area (Å²) in [5, 5.41) is 10.1. The van der Waals surface area contributed by atoms with Gasteiger partial charge in [0.2, 0.25) is 0 Å². The Morgan fingerprint density at radius 3 is 3.00 bits per heavy atom. The van der Waals surface area contributed by atoms with Gasteiger partial charge in [-0.15, -0.1) is 0 Å². The fraction of sp³-hybridized carbons (Fsp3) is 0.111. The Balaban J connectivity index is 2.69. The number of methoxy groups -OCH3 is 1. The number of esters is 1. The average Bonchev–Trinajstić information content (AvgIpc) is 2.59. The lowest BCUT2D eigenvalue weighted by Gasteiger charge is -2.01. The maximum atomic E-state index is 11.3. The Hall–Kier alpha value is -1.82. The van der Waals surface area contributed by atoms with Gasteiger partial charge >= 0.3 is 5.97 Å². The summed E-state index contributed by atoms with van der Waals surface area (Å²) < 4.78 is 5.02. The fourth-order valence-electron chi connectivity index (χ4n) is 1.27. The van der Waals surface area contributed by atoms with E-state index in [9.17, 15) is 9.90 Å². The lowest BCUT2D eigenvalue weighted by Crippen LogP contribution is -2.01. The molecule has 0 atom stereocenters. The van der Waals surface area contributed by atoms with Gasteiger partial charge in [-0.05, 0) is 12.1 Å². The molecule has 0 spiro atoms. The largest absolute Gasteiger partial charge is 0.505 e. The van der Waals surface area contributed by atoms with Crippen molar-refractivity contribution < 1.29 is 14.6 Å². The topological polar surface area (TPSA) is 85.4 Å². The van der Waals surface area contributed by atoms with Crippen LogP contribution in [-0.2, 0) is 4.74 Å². The number of benzene rings is 1. The van der Waals surface area contributed by atoms with Crippen molar-refractivity contribution in [1.29, 1.82) is 0 Å². The predicted octanol–water partition coefficient (Wildman–Crippen LogP) is 1.37. The number of aromatic nitrogens is 1. The highest BCUT2D eigenvalue weighted by Gasteiger charge is 2.16. The zero-order chi connectivity index (χ0) is 11.0. The van der Waals surface area contributed by atoms with E-state index in [1.807, 2.05) is 0 Å². The fourth-order valence-corrected chi connectivity index (χ4v) is 2.05. The molecule has 3 N–H and O–H groups in total. The van der Waals surface area contributed by atoms with Crippen LogP contribution in [0.4, 0.5) is 5.13 Å². The minimum absolute atomic E-state index is 0.119. The second kappa shape index (κ2) is 3.39. The van der Waals surface area contributed by atoms with Gasteiger partial charge in [-0.2, -0.15) is 0 Å². The molecular formula is C9H8N2O3S. The van der Waals surface area contributed by atoms with Crippen molar-refractivity contribution in [2.75, 3.05) is 12.8 Å². The van der Waals surface area contributed by atoms with Crippen LogP contribution >= 0.6 is 11.3 Å². The molecule has 2 rings (SSSR count). The average molecular weight is 224 g/mol. The number of ether oxygens (including phenoxy) is 1. The maximum absolute atomic E-state index is 11.3. The van der Waals surface area contributed by atoms with Crippen LogP contribution in [-0.4, -0.2) is 23.2 Å². The van der Waals surface area contributed by atoms with Crippen molar-refractivity contribution in [3.05, 3.63) is 17.7 Å². The Morgan fingerprint density at radius 1 is 1.60 bits per heavy atom. The normalized spacial score (nSPS) is 10.5. The summed E-state index contributed by atoms with van der Waals surface area (Å²) in [6, 6.07) is 3.08. The molecule has 2 aromatic rings. The molecular weight excluding hydrogens is 216 g/mol. The first kappa shape index (κ1) is 9.72. The number of aromatic hydroxyl groups is 1. The molecule has 6 heteroatoms. The quantitative estimate of drug-likeness (QED) is 0.714. The number of fused-ring (bicyclic) bond motifs is 1. The molecule has 0 aliphatic heterocycles. The van der Waals surface area contributed by atoms with Crippen LogP contribution in [0.5, 0.6) is 5.75 Å². The van der Waals surface area contributed by atoms with Crippen LogP contribution < -0.4 is 5.73 Å². The lowest BCUT2D eigenvalue weighted by atomic mass is 10.2. The minimum Gasteiger partial charge on any atom is -0.505 e. The summed E-state index contributed by atoms with van der Waals surface area (Å²) in [7, 11) is 1.26. The van der Waals surface area contributed by atoms with E-state index in [4.69, 9.17) is 5.73 Å². The van der Waals surface area contributed by atoms with Crippen LogP contribution in [0.15, 0.2) is 12.1 Å². The molecule has 5 nitrogen and oxygen atoms in total. The van der Waals surface area contributed by atoms with Gasteiger partial charge in [0.05, 0.1) is 17.3 Å². The minimum atomic E-state index is -0.582. The highest BCUT2D eigenvalue weighted by atomic mass is 32.1. The number of rotatable bonds is 1. The first-order chi connectivity index (χ1) is 7.13. The van der Waals surface area contributed by atoms with Gasteiger partial charge in [-0.1, -0.05) is 11.3 Å². The van der Waals surface area contributed by atoms with E-state index in [2.05, 4.69) is 9.72 Å². The number of nitrogens with two attached hydrogens (primary N) is 1. The number of phenolic OH excluding ortho intramolecular Hbond substituents is 1. The van der Waals surface area contributed by atoms with E-state index < -0.39 is 5.97 Å². The number of phenols is 1. The maximum Gasteiger partial charge on any atom is 0.341 e. The third-order valence-electron chi connectivity index (χ3n) is 1.95. The van der Waals surface area contributed by atoms with E-state index in [-0.39, 0.29) is 11.3 Å². The van der Waals surface area contributed by atoms with Crippen LogP contribution in [0.3, 0.4) is 0 Å². The van der Waals surface area contributed by atoms with Crippen LogP contribution in [0.1, 0.15) is 10.4 Å². The number of hydrogen-bond donors (Lipinski definition) is 2. The molecule has 0 radical (unpaired) electrons. The van der Waals surface area contributed by atoms with Crippen LogP contribution in [0.25, 0.3) is 10.2 Å². The Kier molecular flexibility index (Phi) is 2.20. The van der Waals surface area contributed by atoms with Gasteiger partial charge in [0.1, 0.15) is 11.3 Å². The molecule has 0 bridgehead atoms. The van der Waals surface area contributed by atoms with Gasteiger partial charge in [0.15, 0.2) is 5.13 Å². The number of nitrogens with zero attached hydrogens (tertiary/aromatic N) is 1. The van der Waals surface area contributed by atoms with Crippen LogP contribution in [0, 0.1) is 0 Å². The summed E-state index contributed by atoms with van der Waals surface area (Å²) >= 11 is 1.13. The van der Waals surface area contributed by atoms with Crippen molar-refractivity contribution in [1.82, 2.24) is 4.98 Å². The second-order valence-corrected chi connectivity index (χ2v) is 3.88. The third-order valence-corrected chi connectivity index (χ3v) is 2.86. The summed E-state index contributed by atoms with van der Waals surface area (Å²) in [5.41, 5.74) is 6.19. The molecule has 1 aromatic heterocycles. The molecule has 0 unspecified atom stereocenters. The first-order valence-corrected chi connectivity index (χ1v) is 4.91. The molecule has 1 aromatic carbocycles. The number of carbonyl (C=O) groups is 1. The Morgan fingerprint density at radius 2 is 2.33 bits per heavy atom. The third kappa shape index (κ3) is 1.48. The van der Waals surface area contributed by atoms with E-state index in [0.717, 1.165) is 11.3 Å². The summed E-state index contributed by atoms with van der Waals surface area (Å²) in [6.45, 7) is 0.